The van der Waals surface area contributed by atoms with Crippen molar-refractivity contribution in [2.24, 2.45) is 5.41 Å². The summed E-state index contributed by atoms with van der Waals surface area (Å²) in [4.78, 5) is 13.3. The summed E-state index contributed by atoms with van der Waals surface area (Å²) in [6, 6.07) is 9.91. The fraction of sp³-hybridized carbons (Fsp3) is 0.700. The second-order valence-corrected chi connectivity index (χ2v) is 11.1. The van der Waals surface area contributed by atoms with Crippen LogP contribution in [0.2, 0.25) is 0 Å². The molecule has 186 valence electrons. The van der Waals surface area contributed by atoms with Gasteiger partial charge in [-0.2, -0.15) is 0 Å². The van der Waals surface area contributed by atoms with Gasteiger partial charge >= 0.3 is 0 Å². The van der Waals surface area contributed by atoms with Crippen LogP contribution in [0, 0.1) is 12.3 Å². The molecule has 1 aromatic heterocycles. The van der Waals surface area contributed by atoms with E-state index < -0.39 is 0 Å². The first kappa shape index (κ1) is 27.5. The highest BCUT2D eigenvalue weighted by Gasteiger charge is 2.31. The summed E-state index contributed by atoms with van der Waals surface area (Å²) in [6.45, 7) is 11.2. The van der Waals surface area contributed by atoms with Crippen LogP contribution in [0.4, 0.5) is 0 Å². The lowest BCUT2D eigenvalue weighted by Gasteiger charge is -2.30. The number of H-pyrrole nitrogens is 1. The number of para-hydroxylation sites is 1. The van der Waals surface area contributed by atoms with Gasteiger partial charge < -0.3 is 0 Å². The fourth-order valence-corrected chi connectivity index (χ4v) is 5.11. The number of unbranched alkanes of at least 4 members (excludes halogenated alkanes) is 12. The summed E-state index contributed by atoms with van der Waals surface area (Å²) in [5.41, 5.74) is 3.08. The topological polar surface area (TPSA) is 37.8 Å². The molecule has 3 heteroatoms. The number of hydrogen-bond acceptors (Lipinski definition) is 1. The smallest absolute Gasteiger partial charge is 0.274 e. The third kappa shape index (κ3) is 9.18. The standard InChI is InChI=1S/C30H50N2O/c1-6-7-8-9-10-11-12-13-14-15-16-17-21-24-27(30(3,4)5)28-25(2)31-32(29(28)33)26-22-19-18-20-23-26/h18-20,22-23,27,31H,6-17,21,24H2,1-5H3. The lowest BCUT2D eigenvalue weighted by atomic mass is 9.74. The minimum Gasteiger partial charge on any atom is -0.295 e. The summed E-state index contributed by atoms with van der Waals surface area (Å²) in [5, 5.41) is 3.34. The molecule has 1 heterocycles. The molecule has 1 atom stereocenters. The number of rotatable bonds is 16. The van der Waals surface area contributed by atoms with Crippen molar-refractivity contribution in [1.82, 2.24) is 9.78 Å². The predicted molar refractivity (Wildman–Crippen MR) is 144 cm³/mol. The molecular weight excluding hydrogens is 404 g/mol. The Kier molecular flexibility index (Phi) is 12.1. The molecule has 0 saturated heterocycles. The van der Waals surface area contributed by atoms with E-state index in [2.05, 4.69) is 39.7 Å². The van der Waals surface area contributed by atoms with Crippen LogP contribution < -0.4 is 5.56 Å². The van der Waals surface area contributed by atoms with Crippen LogP contribution in [0.15, 0.2) is 35.1 Å². The van der Waals surface area contributed by atoms with Gasteiger partial charge in [0.1, 0.15) is 0 Å². The summed E-state index contributed by atoms with van der Waals surface area (Å²) in [7, 11) is 0. The number of hydrogen-bond donors (Lipinski definition) is 1. The fourth-order valence-electron chi connectivity index (χ4n) is 5.11. The molecular formula is C30H50N2O. The SMILES string of the molecule is CCCCCCCCCCCCCCCC(c1c(C)[nH]n(-c2ccccc2)c1=O)C(C)(C)C. The Morgan fingerprint density at radius 3 is 1.76 bits per heavy atom. The Morgan fingerprint density at radius 1 is 0.788 bits per heavy atom. The van der Waals surface area contributed by atoms with E-state index in [-0.39, 0.29) is 16.9 Å². The van der Waals surface area contributed by atoms with E-state index in [0.717, 1.165) is 23.4 Å². The highest BCUT2D eigenvalue weighted by Crippen LogP contribution is 2.39. The van der Waals surface area contributed by atoms with E-state index in [1.54, 1.807) is 4.68 Å². The largest absolute Gasteiger partial charge is 0.295 e. The average Bonchev–Trinajstić information content (AvgIpc) is 3.07. The Morgan fingerprint density at radius 2 is 1.27 bits per heavy atom. The molecule has 0 aliphatic carbocycles. The summed E-state index contributed by atoms with van der Waals surface area (Å²) in [5.74, 6) is 0.277. The van der Waals surface area contributed by atoms with E-state index in [1.165, 1.54) is 83.5 Å². The molecule has 0 fully saturated rings. The van der Waals surface area contributed by atoms with Gasteiger partial charge in [-0.15, -0.1) is 0 Å². The Bertz CT molecular complexity index is 825. The van der Waals surface area contributed by atoms with Crippen molar-refractivity contribution in [2.75, 3.05) is 0 Å². The van der Waals surface area contributed by atoms with Crippen LogP contribution >= 0.6 is 0 Å². The molecule has 0 spiro atoms. The first-order valence-corrected chi connectivity index (χ1v) is 13.7. The van der Waals surface area contributed by atoms with Crippen molar-refractivity contribution in [2.45, 2.75) is 130 Å². The minimum absolute atomic E-state index is 0.0672. The average molecular weight is 455 g/mol. The molecule has 33 heavy (non-hydrogen) atoms. The zero-order valence-corrected chi connectivity index (χ0v) is 22.2. The maximum Gasteiger partial charge on any atom is 0.274 e. The summed E-state index contributed by atoms with van der Waals surface area (Å²) < 4.78 is 1.72. The molecule has 0 bridgehead atoms. The van der Waals surface area contributed by atoms with Crippen molar-refractivity contribution in [1.29, 1.82) is 0 Å². The van der Waals surface area contributed by atoms with E-state index in [4.69, 9.17) is 0 Å². The number of benzene rings is 1. The van der Waals surface area contributed by atoms with E-state index in [0.29, 0.717) is 0 Å². The second-order valence-electron chi connectivity index (χ2n) is 11.1. The molecule has 3 nitrogen and oxygen atoms in total. The predicted octanol–water partition coefficient (Wildman–Crippen LogP) is 9.09. The van der Waals surface area contributed by atoms with Gasteiger partial charge in [0.25, 0.3) is 5.56 Å². The van der Waals surface area contributed by atoms with Crippen molar-refractivity contribution < 1.29 is 0 Å². The molecule has 0 radical (unpaired) electrons. The summed E-state index contributed by atoms with van der Waals surface area (Å²) >= 11 is 0. The Hall–Kier alpha value is -1.77. The van der Waals surface area contributed by atoms with Crippen molar-refractivity contribution in [3.05, 3.63) is 51.9 Å². The Labute approximate surface area is 203 Å². The van der Waals surface area contributed by atoms with Gasteiger partial charge in [-0.25, -0.2) is 4.68 Å². The quantitative estimate of drug-likeness (QED) is 0.252. The lowest BCUT2D eigenvalue weighted by Crippen LogP contribution is -2.26. The molecule has 0 aliphatic rings. The lowest BCUT2D eigenvalue weighted by molar-refractivity contribution is 0.295. The third-order valence-corrected chi connectivity index (χ3v) is 7.12. The van der Waals surface area contributed by atoms with Crippen LogP contribution in [-0.4, -0.2) is 9.78 Å². The first-order valence-electron chi connectivity index (χ1n) is 13.7. The number of nitrogens with zero attached hydrogens (tertiary/aromatic N) is 1. The van der Waals surface area contributed by atoms with Crippen LogP contribution in [0.3, 0.4) is 0 Å². The third-order valence-electron chi connectivity index (χ3n) is 7.12. The molecule has 0 saturated carbocycles. The van der Waals surface area contributed by atoms with Crippen LogP contribution in [-0.2, 0) is 0 Å². The van der Waals surface area contributed by atoms with E-state index in [1.807, 2.05) is 30.3 Å². The van der Waals surface area contributed by atoms with Crippen LogP contribution in [0.1, 0.15) is 135 Å². The molecule has 0 aliphatic heterocycles. The zero-order chi connectivity index (χ0) is 24.1. The Balaban J connectivity index is 1.77. The van der Waals surface area contributed by atoms with Crippen molar-refractivity contribution in [3.63, 3.8) is 0 Å². The van der Waals surface area contributed by atoms with Gasteiger partial charge in [0.05, 0.1) is 5.69 Å². The number of aryl methyl sites for hydroxylation is 1. The van der Waals surface area contributed by atoms with Gasteiger partial charge in [-0.05, 0) is 36.8 Å². The maximum atomic E-state index is 13.3. The highest BCUT2D eigenvalue weighted by molar-refractivity contribution is 5.34. The van der Waals surface area contributed by atoms with E-state index in [9.17, 15) is 4.79 Å². The zero-order valence-electron chi connectivity index (χ0n) is 22.2. The second kappa shape index (κ2) is 14.5. The first-order chi connectivity index (χ1) is 15.9. The van der Waals surface area contributed by atoms with Gasteiger partial charge in [-0.1, -0.05) is 129 Å². The van der Waals surface area contributed by atoms with Crippen molar-refractivity contribution in [3.8, 4) is 5.69 Å². The monoisotopic (exact) mass is 454 g/mol. The normalized spacial score (nSPS) is 12.9. The summed E-state index contributed by atoms with van der Waals surface area (Å²) in [6.07, 6.45) is 18.9. The molecule has 2 aromatic rings. The van der Waals surface area contributed by atoms with Crippen LogP contribution in [0.25, 0.3) is 5.69 Å². The molecule has 1 N–H and O–H groups in total. The highest BCUT2D eigenvalue weighted by atomic mass is 16.1. The van der Waals surface area contributed by atoms with E-state index >= 15 is 0 Å². The number of aromatic amines is 1. The molecule has 2 rings (SSSR count). The number of nitrogens with one attached hydrogen (secondary N) is 1. The van der Waals surface area contributed by atoms with Crippen LogP contribution in [0.5, 0.6) is 0 Å². The molecule has 1 aromatic carbocycles. The number of aromatic nitrogens is 2. The van der Waals surface area contributed by atoms with Gasteiger partial charge in [-0.3, -0.25) is 9.89 Å². The molecule has 0 amide bonds. The maximum absolute atomic E-state index is 13.3. The van der Waals surface area contributed by atoms with Gasteiger partial charge in [0, 0.05) is 11.3 Å². The minimum atomic E-state index is 0.0672. The molecule has 1 unspecified atom stereocenters. The van der Waals surface area contributed by atoms with Crippen molar-refractivity contribution >= 4 is 0 Å². The van der Waals surface area contributed by atoms with Gasteiger partial charge in [0.15, 0.2) is 0 Å². The van der Waals surface area contributed by atoms with Gasteiger partial charge in [0.2, 0.25) is 0 Å².